The van der Waals surface area contributed by atoms with Gasteiger partial charge in [0.2, 0.25) is 0 Å². The van der Waals surface area contributed by atoms with Crippen molar-refractivity contribution >= 4 is 0 Å². The molecule has 1 aliphatic rings. The lowest BCUT2D eigenvalue weighted by Gasteiger charge is -2.29. The van der Waals surface area contributed by atoms with E-state index in [4.69, 9.17) is 0 Å². The highest BCUT2D eigenvalue weighted by Crippen LogP contribution is 2.29. The maximum absolute atomic E-state index is 9.62. The third-order valence-electron chi connectivity index (χ3n) is 2.57. The average Bonchev–Trinajstić information content (AvgIpc) is 1.95. The minimum Gasteiger partial charge on any atom is -0.393 e. The van der Waals surface area contributed by atoms with Crippen molar-refractivity contribution in [3.63, 3.8) is 0 Å². The van der Waals surface area contributed by atoms with E-state index in [2.05, 4.69) is 13.0 Å². The Labute approximate surface area is 69.1 Å². The summed E-state index contributed by atoms with van der Waals surface area (Å²) in [5, 5.41) is 9.62. The van der Waals surface area contributed by atoms with Gasteiger partial charge in [0.15, 0.2) is 0 Å². The van der Waals surface area contributed by atoms with Crippen molar-refractivity contribution in [3.05, 3.63) is 12.2 Å². The van der Waals surface area contributed by atoms with Crippen molar-refractivity contribution in [1.82, 2.24) is 0 Å². The van der Waals surface area contributed by atoms with Crippen LogP contribution in [-0.4, -0.2) is 11.2 Å². The fraction of sp³-hybridized carbons (Fsp3) is 0.800. The van der Waals surface area contributed by atoms with Crippen LogP contribution >= 0.6 is 0 Å². The van der Waals surface area contributed by atoms with Gasteiger partial charge < -0.3 is 5.11 Å². The smallest absolute Gasteiger partial charge is 0.0605 e. The van der Waals surface area contributed by atoms with Crippen LogP contribution in [0.2, 0.25) is 0 Å². The zero-order valence-corrected chi connectivity index (χ0v) is 7.46. The van der Waals surface area contributed by atoms with Gasteiger partial charge in [-0.15, -0.1) is 0 Å². The van der Waals surface area contributed by atoms with Crippen LogP contribution in [0, 0.1) is 11.8 Å². The van der Waals surface area contributed by atoms with Gasteiger partial charge in [0.1, 0.15) is 0 Å². The number of hydrogen-bond donors (Lipinski definition) is 1. The van der Waals surface area contributed by atoms with Gasteiger partial charge >= 0.3 is 0 Å². The quantitative estimate of drug-likeness (QED) is 0.575. The monoisotopic (exact) mass is 154 g/mol. The summed E-state index contributed by atoms with van der Waals surface area (Å²) in [5.41, 5.74) is 0. The van der Waals surface area contributed by atoms with Gasteiger partial charge in [0.05, 0.1) is 6.10 Å². The lowest BCUT2D eigenvalue weighted by Crippen LogP contribution is -2.26. The molecule has 1 N–H and O–H groups in total. The van der Waals surface area contributed by atoms with E-state index < -0.39 is 0 Å². The van der Waals surface area contributed by atoms with Gasteiger partial charge in [-0.05, 0) is 32.1 Å². The Morgan fingerprint density at radius 3 is 2.64 bits per heavy atom. The third kappa shape index (κ3) is 2.33. The Balaban J connectivity index is 2.43. The van der Waals surface area contributed by atoms with Crippen LogP contribution in [0.1, 0.15) is 33.1 Å². The summed E-state index contributed by atoms with van der Waals surface area (Å²) in [4.78, 5) is 0. The van der Waals surface area contributed by atoms with Crippen LogP contribution in [-0.2, 0) is 0 Å². The third-order valence-corrected chi connectivity index (χ3v) is 2.57. The van der Waals surface area contributed by atoms with Crippen molar-refractivity contribution in [1.29, 1.82) is 0 Å². The molecule has 0 aromatic rings. The van der Waals surface area contributed by atoms with Crippen LogP contribution in [0.4, 0.5) is 0 Å². The summed E-state index contributed by atoms with van der Waals surface area (Å²) >= 11 is 0. The lowest BCUT2D eigenvalue weighted by molar-refractivity contribution is 0.0704. The molecule has 3 atom stereocenters. The molecule has 0 aromatic carbocycles. The van der Waals surface area contributed by atoms with Crippen LogP contribution in [0.3, 0.4) is 0 Å². The van der Waals surface area contributed by atoms with E-state index in [-0.39, 0.29) is 6.10 Å². The molecule has 0 aromatic heterocycles. The topological polar surface area (TPSA) is 20.2 Å². The van der Waals surface area contributed by atoms with E-state index in [1.54, 1.807) is 0 Å². The molecule has 0 heterocycles. The molecule has 64 valence electrons. The van der Waals surface area contributed by atoms with E-state index in [0.29, 0.717) is 11.8 Å². The van der Waals surface area contributed by atoms with Crippen molar-refractivity contribution < 1.29 is 5.11 Å². The van der Waals surface area contributed by atoms with E-state index in [1.165, 1.54) is 6.42 Å². The molecule has 1 nitrogen and oxygen atoms in total. The second-order valence-corrected chi connectivity index (χ2v) is 3.68. The first-order valence-electron chi connectivity index (χ1n) is 4.55. The highest BCUT2D eigenvalue weighted by Gasteiger charge is 2.24. The zero-order valence-electron chi connectivity index (χ0n) is 7.46. The Hall–Kier alpha value is -0.300. The maximum atomic E-state index is 9.62. The molecule has 11 heavy (non-hydrogen) atoms. The molecule has 0 aliphatic heterocycles. The van der Waals surface area contributed by atoms with Crippen molar-refractivity contribution in [2.45, 2.75) is 39.2 Å². The summed E-state index contributed by atoms with van der Waals surface area (Å²) < 4.78 is 0. The normalized spacial score (nSPS) is 39.7. The zero-order chi connectivity index (χ0) is 8.27. The Morgan fingerprint density at radius 1 is 1.36 bits per heavy atom. The minimum absolute atomic E-state index is 0.0880. The molecule has 0 bridgehead atoms. The Bertz CT molecular complexity index is 140. The number of allylic oxidation sites excluding steroid dienone is 1. The second kappa shape index (κ2) is 3.91. The molecular formula is C10H18O. The van der Waals surface area contributed by atoms with Crippen molar-refractivity contribution in [3.8, 4) is 0 Å². The SMILES string of the molecule is C/C=C/C1CC[C@@H](C)C[C@H]1O. The fourth-order valence-corrected chi connectivity index (χ4v) is 1.85. The number of hydrogen-bond acceptors (Lipinski definition) is 1. The van der Waals surface area contributed by atoms with Gasteiger partial charge in [0.25, 0.3) is 0 Å². The van der Waals surface area contributed by atoms with E-state index in [1.807, 2.05) is 13.0 Å². The molecule has 1 saturated carbocycles. The first-order valence-corrected chi connectivity index (χ1v) is 4.55. The molecule has 1 aliphatic carbocycles. The van der Waals surface area contributed by atoms with Crippen LogP contribution in [0.25, 0.3) is 0 Å². The maximum Gasteiger partial charge on any atom is 0.0605 e. The largest absolute Gasteiger partial charge is 0.393 e. The fourth-order valence-electron chi connectivity index (χ4n) is 1.85. The summed E-state index contributed by atoms with van der Waals surface area (Å²) in [7, 11) is 0. The van der Waals surface area contributed by atoms with Gasteiger partial charge in [-0.25, -0.2) is 0 Å². The van der Waals surface area contributed by atoms with Crippen LogP contribution in [0.5, 0.6) is 0 Å². The predicted octanol–water partition coefficient (Wildman–Crippen LogP) is 2.36. The van der Waals surface area contributed by atoms with Gasteiger partial charge in [-0.2, -0.15) is 0 Å². The van der Waals surface area contributed by atoms with E-state index in [9.17, 15) is 5.11 Å². The van der Waals surface area contributed by atoms with Crippen molar-refractivity contribution in [2.24, 2.45) is 11.8 Å². The Kier molecular flexibility index (Phi) is 3.13. The van der Waals surface area contributed by atoms with E-state index >= 15 is 0 Å². The molecule has 0 radical (unpaired) electrons. The summed E-state index contributed by atoms with van der Waals surface area (Å²) in [6.07, 6.45) is 7.50. The number of aliphatic hydroxyl groups is 1. The lowest BCUT2D eigenvalue weighted by atomic mass is 9.80. The average molecular weight is 154 g/mol. The first-order chi connectivity index (χ1) is 5.24. The highest BCUT2D eigenvalue weighted by atomic mass is 16.3. The molecule has 0 spiro atoms. The van der Waals surface area contributed by atoms with Gasteiger partial charge in [0, 0.05) is 5.92 Å². The van der Waals surface area contributed by atoms with Crippen molar-refractivity contribution in [2.75, 3.05) is 0 Å². The molecule has 1 unspecified atom stereocenters. The molecule has 1 fully saturated rings. The molecule has 0 saturated heterocycles. The minimum atomic E-state index is -0.0880. The van der Waals surface area contributed by atoms with Gasteiger partial charge in [-0.3, -0.25) is 0 Å². The van der Waals surface area contributed by atoms with Crippen LogP contribution < -0.4 is 0 Å². The summed E-state index contributed by atoms with van der Waals surface area (Å²) in [6, 6.07) is 0. The number of aliphatic hydroxyl groups excluding tert-OH is 1. The molecule has 1 heteroatoms. The molecule has 1 rings (SSSR count). The van der Waals surface area contributed by atoms with Crippen LogP contribution in [0.15, 0.2) is 12.2 Å². The Morgan fingerprint density at radius 2 is 2.09 bits per heavy atom. The summed E-state index contributed by atoms with van der Waals surface area (Å²) in [5.74, 6) is 1.14. The molecular weight excluding hydrogens is 136 g/mol. The van der Waals surface area contributed by atoms with Gasteiger partial charge in [-0.1, -0.05) is 19.1 Å². The first kappa shape index (κ1) is 8.79. The predicted molar refractivity (Wildman–Crippen MR) is 47.3 cm³/mol. The second-order valence-electron chi connectivity index (χ2n) is 3.68. The highest BCUT2D eigenvalue weighted by molar-refractivity contribution is 4.92. The number of rotatable bonds is 1. The molecule has 0 amide bonds. The summed E-state index contributed by atoms with van der Waals surface area (Å²) in [6.45, 7) is 4.24. The van der Waals surface area contributed by atoms with E-state index in [0.717, 1.165) is 12.8 Å². The standard InChI is InChI=1S/C10H18O/c1-3-4-9-6-5-8(2)7-10(9)11/h3-4,8-11H,5-7H2,1-2H3/b4-3+/t8-,9?,10-/m1/s1.